The molecule has 8 nitrogen and oxygen atoms in total. The van der Waals surface area contributed by atoms with Crippen LogP contribution in [0.15, 0.2) is 60.8 Å². The molecule has 1 aromatic heterocycles. The van der Waals surface area contributed by atoms with Crippen molar-refractivity contribution in [3.63, 3.8) is 0 Å². The van der Waals surface area contributed by atoms with Gasteiger partial charge in [0.15, 0.2) is 34.9 Å². The van der Waals surface area contributed by atoms with Crippen LogP contribution in [0.3, 0.4) is 0 Å². The fraction of sp³-hybridized carbons (Fsp3) is 0.269. The summed E-state index contributed by atoms with van der Waals surface area (Å²) in [6, 6.07) is 11.7. The molecular formula is C26H26F2N2O6. The Bertz CT molecular complexity index is 1210. The molecule has 0 saturated heterocycles. The number of rotatable bonds is 10. The molecule has 0 fully saturated rings. The number of benzene rings is 2. The maximum atomic E-state index is 14.3. The smallest absolute Gasteiger partial charge is 0.329 e. The normalized spacial score (nSPS) is 13.2. The SMILES string of the molecule is CC[C@H](NC(=O)c1nccc(OC)c1O)C(=O)O[C@@H](C)[C@H](Oc1cc(F)ccc1F)c1ccccc1. The minimum atomic E-state index is -1.09. The van der Waals surface area contributed by atoms with Crippen LogP contribution in [-0.4, -0.2) is 41.2 Å². The van der Waals surface area contributed by atoms with Crippen LogP contribution in [0.1, 0.15) is 42.4 Å². The molecular weight excluding hydrogens is 474 g/mol. The standard InChI is InChI=1S/C26H26F2N2O6/c1-4-19(30-25(32)22-23(31)20(34-3)12-13-29-22)26(33)35-15(2)24(16-8-6-5-7-9-16)36-21-14-17(27)10-11-18(21)28/h5-15,19,24,31H,4H2,1-3H3,(H,30,32)/t15-,19-,24-/m0/s1. The molecule has 3 rings (SSSR count). The number of methoxy groups -OCH3 is 1. The van der Waals surface area contributed by atoms with E-state index in [1.54, 1.807) is 37.3 Å². The molecule has 3 aromatic rings. The van der Waals surface area contributed by atoms with Gasteiger partial charge in [-0.1, -0.05) is 37.3 Å². The van der Waals surface area contributed by atoms with E-state index < -0.39 is 47.5 Å². The Balaban J connectivity index is 1.78. The highest BCUT2D eigenvalue weighted by atomic mass is 19.1. The molecule has 0 aliphatic rings. The number of pyridine rings is 1. The van der Waals surface area contributed by atoms with E-state index in [0.717, 1.165) is 18.2 Å². The van der Waals surface area contributed by atoms with Gasteiger partial charge in [-0.2, -0.15) is 0 Å². The lowest BCUT2D eigenvalue weighted by Crippen LogP contribution is -2.43. The Morgan fingerprint density at radius 3 is 2.47 bits per heavy atom. The number of hydrogen-bond acceptors (Lipinski definition) is 7. The van der Waals surface area contributed by atoms with E-state index >= 15 is 0 Å². The van der Waals surface area contributed by atoms with Gasteiger partial charge in [0, 0.05) is 18.3 Å². The minimum Gasteiger partial charge on any atom is -0.503 e. The number of esters is 1. The zero-order valence-electron chi connectivity index (χ0n) is 19.9. The maximum Gasteiger partial charge on any atom is 0.329 e. The molecule has 1 amide bonds. The van der Waals surface area contributed by atoms with Gasteiger partial charge in [0.2, 0.25) is 0 Å². The quantitative estimate of drug-likeness (QED) is 0.399. The minimum absolute atomic E-state index is 0.0480. The van der Waals surface area contributed by atoms with E-state index in [-0.39, 0.29) is 23.6 Å². The van der Waals surface area contributed by atoms with Gasteiger partial charge in [-0.3, -0.25) is 4.79 Å². The molecule has 1 heterocycles. The van der Waals surface area contributed by atoms with Crippen molar-refractivity contribution >= 4 is 11.9 Å². The molecule has 0 aliphatic heterocycles. The van der Waals surface area contributed by atoms with E-state index in [2.05, 4.69) is 10.3 Å². The van der Waals surface area contributed by atoms with Crippen molar-refractivity contribution in [3.05, 3.63) is 83.7 Å². The van der Waals surface area contributed by atoms with Crippen molar-refractivity contribution in [2.75, 3.05) is 7.11 Å². The molecule has 0 unspecified atom stereocenters. The summed E-state index contributed by atoms with van der Waals surface area (Å²) in [5.41, 5.74) is 0.241. The summed E-state index contributed by atoms with van der Waals surface area (Å²) in [6.07, 6.45) is -0.500. The number of nitrogens with zero attached hydrogens (tertiary/aromatic N) is 1. The number of carbonyl (C=O) groups is 2. The van der Waals surface area contributed by atoms with Crippen LogP contribution in [0.25, 0.3) is 0 Å². The zero-order valence-corrected chi connectivity index (χ0v) is 19.9. The Kier molecular flexibility index (Phi) is 8.77. The highest BCUT2D eigenvalue weighted by Gasteiger charge is 2.30. The van der Waals surface area contributed by atoms with Crippen molar-refractivity contribution in [2.45, 2.75) is 38.5 Å². The molecule has 2 aromatic carbocycles. The number of ether oxygens (including phenoxy) is 3. The van der Waals surface area contributed by atoms with Crippen LogP contribution in [-0.2, 0) is 9.53 Å². The van der Waals surface area contributed by atoms with Crippen LogP contribution in [0, 0.1) is 11.6 Å². The predicted molar refractivity (Wildman–Crippen MR) is 126 cm³/mol. The van der Waals surface area contributed by atoms with Gasteiger partial charge >= 0.3 is 5.97 Å². The molecule has 0 saturated carbocycles. The first kappa shape index (κ1) is 26.4. The molecule has 10 heteroatoms. The van der Waals surface area contributed by atoms with Gasteiger partial charge in [0.1, 0.15) is 18.0 Å². The Morgan fingerprint density at radius 2 is 1.81 bits per heavy atom. The summed E-state index contributed by atoms with van der Waals surface area (Å²) < 4.78 is 44.3. The summed E-state index contributed by atoms with van der Waals surface area (Å²) >= 11 is 0. The highest BCUT2D eigenvalue weighted by Crippen LogP contribution is 2.30. The monoisotopic (exact) mass is 500 g/mol. The molecule has 0 spiro atoms. The number of nitrogens with one attached hydrogen (secondary N) is 1. The second-order valence-corrected chi connectivity index (χ2v) is 7.81. The van der Waals surface area contributed by atoms with Crippen molar-refractivity contribution < 1.29 is 37.7 Å². The summed E-state index contributed by atoms with van der Waals surface area (Å²) in [5.74, 6) is -3.82. The third-order valence-electron chi connectivity index (χ3n) is 5.32. The average molecular weight is 500 g/mol. The average Bonchev–Trinajstić information content (AvgIpc) is 2.88. The van der Waals surface area contributed by atoms with Gasteiger partial charge < -0.3 is 24.6 Å². The van der Waals surface area contributed by atoms with E-state index in [9.17, 15) is 23.5 Å². The zero-order chi connectivity index (χ0) is 26.2. The predicted octanol–water partition coefficient (Wildman–Crippen LogP) is 4.33. The van der Waals surface area contributed by atoms with Crippen LogP contribution in [0.5, 0.6) is 17.2 Å². The third-order valence-corrected chi connectivity index (χ3v) is 5.32. The number of aromatic nitrogens is 1. The van der Waals surface area contributed by atoms with Gasteiger partial charge in [-0.05, 0) is 31.0 Å². The van der Waals surface area contributed by atoms with Crippen LogP contribution >= 0.6 is 0 Å². The third kappa shape index (κ3) is 6.26. The number of amides is 1. The number of hydrogen-bond donors (Lipinski definition) is 2. The van der Waals surface area contributed by atoms with Gasteiger partial charge in [0.25, 0.3) is 5.91 Å². The second kappa shape index (κ2) is 12.0. The lowest BCUT2D eigenvalue weighted by atomic mass is 10.0. The number of aromatic hydroxyl groups is 1. The molecule has 2 N–H and O–H groups in total. The van der Waals surface area contributed by atoms with Gasteiger partial charge in [-0.25, -0.2) is 18.6 Å². The summed E-state index contributed by atoms with van der Waals surface area (Å²) in [4.78, 5) is 29.4. The molecule has 190 valence electrons. The van der Waals surface area contributed by atoms with Crippen molar-refractivity contribution in [1.29, 1.82) is 0 Å². The fourth-order valence-electron chi connectivity index (χ4n) is 3.43. The fourth-order valence-corrected chi connectivity index (χ4v) is 3.43. The number of halogens is 2. The lowest BCUT2D eigenvalue weighted by molar-refractivity contribution is -0.155. The summed E-state index contributed by atoms with van der Waals surface area (Å²) in [7, 11) is 1.32. The molecule has 0 radical (unpaired) electrons. The van der Waals surface area contributed by atoms with E-state index in [1.165, 1.54) is 26.3 Å². The van der Waals surface area contributed by atoms with E-state index in [4.69, 9.17) is 14.2 Å². The lowest BCUT2D eigenvalue weighted by Gasteiger charge is -2.27. The van der Waals surface area contributed by atoms with Crippen molar-refractivity contribution in [1.82, 2.24) is 10.3 Å². The van der Waals surface area contributed by atoms with Crippen LogP contribution in [0.2, 0.25) is 0 Å². The van der Waals surface area contributed by atoms with Crippen molar-refractivity contribution in [3.8, 4) is 17.2 Å². The first-order valence-corrected chi connectivity index (χ1v) is 11.1. The largest absolute Gasteiger partial charge is 0.503 e. The summed E-state index contributed by atoms with van der Waals surface area (Å²) in [5, 5.41) is 12.7. The Hall–Kier alpha value is -4.21. The molecule has 0 bridgehead atoms. The summed E-state index contributed by atoms with van der Waals surface area (Å²) in [6.45, 7) is 3.19. The van der Waals surface area contributed by atoms with Gasteiger partial charge in [0.05, 0.1) is 7.11 Å². The maximum absolute atomic E-state index is 14.3. The van der Waals surface area contributed by atoms with Gasteiger partial charge in [-0.15, -0.1) is 0 Å². The number of carbonyl (C=O) groups excluding carboxylic acids is 2. The van der Waals surface area contributed by atoms with E-state index in [0.29, 0.717) is 5.56 Å². The second-order valence-electron chi connectivity index (χ2n) is 7.81. The Labute approximate surface area is 206 Å². The van der Waals surface area contributed by atoms with Crippen molar-refractivity contribution in [2.24, 2.45) is 0 Å². The first-order valence-electron chi connectivity index (χ1n) is 11.1. The Morgan fingerprint density at radius 1 is 1.08 bits per heavy atom. The highest BCUT2D eigenvalue weighted by molar-refractivity contribution is 5.97. The van der Waals surface area contributed by atoms with Crippen LogP contribution < -0.4 is 14.8 Å². The topological polar surface area (TPSA) is 107 Å². The first-order chi connectivity index (χ1) is 17.2. The van der Waals surface area contributed by atoms with E-state index in [1.807, 2.05) is 0 Å². The van der Waals surface area contributed by atoms with Crippen LogP contribution in [0.4, 0.5) is 8.78 Å². The molecule has 36 heavy (non-hydrogen) atoms. The molecule has 3 atom stereocenters. The molecule has 0 aliphatic carbocycles.